The van der Waals surface area contributed by atoms with Gasteiger partial charge in [0.1, 0.15) is 0 Å². The Bertz CT molecular complexity index is 408. The zero-order chi connectivity index (χ0) is 13.8. The smallest absolute Gasteiger partial charge is 0.0764 e. The van der Waals surface area contributed by atoms with Crippen LogP contribution in [0.3, 0.4) is 0 Å². The summed E-state index contributed by atoms with van der Waals surface area (Å²) in [5, 5.41) is 8.45. The van der Waals surface area contributed by atoms with Crippen LogP contribution < -0.4 is 5.32 Å². The number of nitrogens with one attached hydrogen (secondary N) is 1. The van der Waals surface area contributed by atoms with Crippen LogP contribution in [-0.4, -0.2) is 40.4 Å². The molecule has 1 aliphatic heterocycles. The minimum absolute atomic E-state index is 0.648. The lowest BCUT2D eigenvalue weighted by molar-refractivity contribution is 0.253. The van der Waals surface area contributed by atoms with Crippen molar-refractivity contribution in [3.8, 4) is 0 Å². The lowest BCUT2D eigenvalue weighted by atomic mass is 10.2. The van der Waals surface area contributed by atoms with Gasteiger partial charge in [0.15, 0.2) is 0 Å². The molecule has 0 radical (unpaired) electrons. The number of aromatic nitrogens is 2. The van der Waals surface area contributed by atoms with Crippen LogP contribution in [0.1, 0.15) is 57.2 Å². The predicted octanol–water partition coefficient (Wildman–Crippen LogP) is 2.57. The number of hydrogen-bond donors (Lipinski definition) is 1. The fourth-order valence-electron chi connectivity index (χ4n) is 3.56. The number of nitrogens with zero attached hydrogens (tertiary/aromatic N) is 3. The fraction of sp³-hybridized carbons (Fsp3) is 0.812. The molecule has 1 aromatic rings. The van der Waals surface area contributed by atoms with Crippen LogP contribution in [0.4, 0.5) is 0 Å². The maximum absolute atomic E-state index is 4.82. The van der Waals surface area contributed by atoms with E-state index in [2.05, 4.69) is 34.1 Å². The van der Waals surface area contributed by atoms with E-state index in [1.54, 1.807) is 0 Å². The first-order valence-electron chi connectivity index (χ1n) is 8.35. The van der Waals surface area contributed by atoms with Gasteiger partial charge in [0.05, 0.1) is 11.7 Å². The standard InChI is InChI=1S/C16H28N4/c1-2-14-12-19(10-5-9-17-14)13-15-8-11-20(18-15)16-6-3-4-7-16/h8,11,14,16-17H,2-7,9-10,12-13H2,1H3. The molecular weight excluding hydrogens is 248 g/mol. The third kappa shape index (κ3) is 3.41. The van der Waals surface area contributed by atoms with E-state index in [1.807, 2.05) is 0 Å². The molecule has 2 fully saturated rings. The van der Waals surface area contributed by atoms with Crippen molar-refractivity contribution < 1.29 is 0 Å². The maximum atomic E-state index is 4.82. The van der Waals surface area contributed by atoms with Crippen LogP contribution in [-0.2, 0) is 6.54 Å². The summed E-state index contributed by atoms with van der Waals surface area (Å²) in [6.45, 7) is 6.80. The first-order valence-corrected chi connectivity index (χ1v) is 8.35. The zero-order valence-corrected chi connectivity index (χ0v) is 12.7. The maximum Gasteiger partial charge on any atom is 0.0764 e. The monoisotopic (exact) mass is 276 g/mol. The Hall–Kier alpha value is -0.870. The molecule has 1 aliphatic carbocycles. The average Bonchev–Trinajstić information content (AvgIpc) is 3.08. The molecule has 2 heterocycles. The van der Waals surface area contributed by atoms with Crippen LogP contribution in [0.15, 0.2) is 12.3 Å². The minimum Gasteiger partial charge on any atom is -0.313 e. The Morgan fingerprint density at radius 3 is 2.95 bits per heavy atom. The van der Waals surface area contributed by atoms with Crippen LogP contribution >= 0.6 is 0 Å². The van der Waals surface area contributed by atoms with Gasteiger partial charge < -0.3 is 5.32 Å². The molecule has 0 spiro atoms. The summed E-state index contributed by atoms with van der Waals surface area (Å²) >= 11 is 0. The SMILES string of the molecule is CCC1CN(Cc2ccn(C3CCCC3)n2)CCCN1. The van der Waals surface area contributed by atoms with Crippen molar-refractivity contribution in [2.45, 2.75) is 64.1 Å². The topological polar surface area (TPSA) is 33.1 Å². The molecule has 2 aliphatic rings. The third-order valence-corrected chi connectivity index (χ3v) is 4.80. The summed E-state index contributed by atoms with van der Waals surface area (Å²) in [6, 6.07) is 3.53. The molecule has 1 atom stereocenters. The first-order chi connectivity index (χ1) is 9.85. The second-order valence-electron chi connectivity index (χ2n) is 6.37. The molecule has 1 N–H and O–H groups in total. The fourth-order valence-corrected chi connectivity index (χ4v) is 3.56. The summed E-state index contributed by atoms with van der Waals surface area (Å²) in [5.74, 6) is 0. The van der Waals surface area contributed by atoms with Crippen molar-refractivity contribution in [2.75, 3.05) is 19.6 Å². The molecule has 0 aromatic carbocycles. The van der Waals surface area contributed by atoms with Gasteiger partial charge in [-0.1, -0.05) is 19.8 Å². The highest BCUT2D eigenvalue weighted by molar-refractivity contribution is 5.00. The Balaban J connectivity index is 1.59. The molecule has 20 heavy (non-hydrogen) atoms. The summed E-state index contributed by atoms with van der Waals surface area (Å²) < 4.78 is 2.22. The molecule has 112 valence electrons. The second-order valence-corrected chi connectivity index (χ2v) is 6.37. The second kappa shape index (κ2) is 6.72. The minimum atomic E-state index is 0.648. The van der Waals surface area contributed by atoms with Crippen molar-refractivity contribution in [1.82, 2.24) is 20.0 Å². The van der Waals surface area contributed by atoms with Gasteiger partial charge in [0, 0.05) is 25.3 Å². The van der Waals surface area contributed by atoms with Crippen molar-refractivity contribution in [1.29, 1.82) is 0 Å². The van der Waals surface area contributed by atoms with Gasteiger partial charge in [-0.25, -0.2) is 0 Å². The van der Waals surface area contributed by atoms with Crippen molar-refractivity contribution in [3.05, 3.63) is 18.0 Å². The molecule has 1 saturated carbocycles. The average molecular weight is 276 g/mol. The van der Waals surface area contributed by atoms with E-state index in [0.717, 1.165) is 19.6 Å². The Morgan fingerprint density at radius 2 is 2.15 bits per heavy atom. The molecule has 1 aromatic heterocycles. The predicted molar refractivity (Wildman–Crippen MR) is 81.7 cm³/mol. The Kier molecular flexibility index (Phi) is 4.73. The van der Waals surface area contributed by atoms with E-state index in [-0.39, 0.29) is 0 Å². The Labute approximate surface area is 122 Å². The summed E-state index contributed by atoms with van der Waals surface area (Å²) in [6.07, 6.45) is 10.0. The van der Waals surface area contributed by atoms with Gasteiger partial charge in [-0.2, -0.15) is 5.10 Å². The quantitative estimate of drug-likeness (QED) is 0.917. The molecule has 1 unspecified atom stereocenters. The van der Waals surface area contributed by atoms with Crippen molar-refractivity contribution >= 4 is 0 Å². The third-order valence-electron chi connectivity index (χ3n) is 4.80. The highest BCUT2D eigenvalue weighted by atomic mass is 15.3. The molecule has 4 nitrogen and oxygen atoms in total. The Morgan fingerprint density at radius 1 is 1.30 bits per heavy atom. The first kappa shape index (κ1) is 14.1. The summed E-state index contributed by atoms with van der Waals surface area (Å²) in [4.78, 5) is 2.56. The molecular formula is C16H28N4. The van der Waals surface area contributed by atoms with Gasteiger partial charge >= 0.3 is 0 Å². The highest BCUT2D eigenvalue weighted by Gasteiger charge is 2.19. The van der Waals surface area contributed by atoms with Crippen molar-refractivity contribution in [2.24, 2.45) is 0 Å². The van der Waals surface area contributed by atoms with Crippen LogP contribution in [0.25, 0.3) is 0 Å². The molecule has 0 amide bonds. The van der Waals surface area contributed by atoms with Gasteiger partial charge in [-0.3, -0.25) is 9.58 Å². The number of rotatable bonds is 4. The van der Waals surface area contributed by atoms with Crippen LogP contribution in [0.2, 0.25) is 0 Å². The molecule has 3 rings (SSSR count). The van der Waals surface area contributed by atoms with Gasteiger partial charge in [0.2, 0.25) is 0 Å². The van der Waals surface area contributed by atoms with E-state index < -0.39 is 0 Å². The van der Waals surface area contributed by atoms with E-state index in [4.69, 9.17) is 5.10 Å². The lowest BCUT2D eigenvalue weighted by Crippen LogP contribution is -2.36. The van der Waals surface area contributed by atoms with Gasteiger partial charge in [-0.15, -0.1) is 0 Å². The lowest BCUT2D eigenvalue weighted by Gasteiger charge is -2.22. The highest BCUT2D eigenvalue weighted by Crippen LogP contribution is 2.28. The van der Waals surface area contributed by atoms with Gasteiger partial charge in [0.25, 0.3) is 0 Å². The van der Waals surface area contributed by atoms with E-state index >= 15 is 0 Å². The molecule has 1 saturated heterocycles. The van der Waals surface area contributed by atoms with Crippen LogP contribution in [0, 0.1) is 0 Å². The molecule has 4 heteroatoms. The van der Waals surface area contributed by atoms with E-state index in [0.29, 0.717) is 12.1 Å². The number of hydrogen-bond acceptors (Lipinski definition) is 3. The van der Waals surface area contributed by atoms with Gasteiger partial charge in [-0.05, 0) is 44.8 Å². The van der Waals surface area contributed by atoms with E-state index in [9.17, 15) is 0 Å². The normalized spacial score (nSPS) is 25.9. The molecule has 0 bridgehead atoms. The van der Waals surface area contributed by atoms with Crippen molar-refractivity contribution in [3.63, 3.8) is 0 Å². The summed E-state index contributed by atoms with van der Waals surface area (Å²) in [5.41, 5.74) is 1.24. The summed E-state index contributed by atoms with van der Waals surface area (Å²) in [7, 11) is 0. The zero-order valence-electron chi connectivity index (χ0n) is 12.7. The van der Waals surface area contributed by atoms with Crippen LogP contribution in [0.5, 0.6) is 0 Å². The van der Waals surface area contributed by atoms with E-state index in [1.165, 1.54) is 50.8 Å². The largest absolute Gasteiger partial charge is 0.313 e.